The molecule has 0 spiro atoms. The lowest BCUT2D eigenvalue weighted by molar-refractivity contribution is 0.0993. The first-order valence-corrected chi connectivity index (χ1v) is 7.30. The van der Waals surface area contributed by atoms with Gasteiger partial charge in [0.25, 0.3) is 5.91 Å². The fraction of sp³-hybridized carbons (Fsp3) is 0.235. The van der Waals surface area contributed by atoms with Gasteiger partial charge in [0.15, 0.2) is 0 Å². The van der Waals surface area contributed by atoms with Crippen LogP contribution in [0.25, 0.3) is 0 Å². The molecule has 0 saturated heterocycles. The van der Waals surface area contributed by atoms with E-state index in [4.69, 9.17) is 0 Å². The lowest BCUT2D eigenvalue weighted by Crippen LogP contribution is -2.26. The summed E-state index contributed by atoms with van der Waals surface area (Å²) in [5, 5.41) is 0. The zero-order chi connectivity index (χ0) is 14.9. The van der Waals surface area contributed by atoms with Gasteiger partial charge in [-0.25, -0.2) is 0 Å². The van der Waals surface area contributed by atoms with E-state index in [2.05, 4.69) is 22.0 Å². The molecular weight excluding hydrogens is 314 g/mol. The summed E-state index contributed by atoms with van der Waals surface area (Å²) in [6, 6.07) is 11.8. The Balaban J connectivity index is 2.34. The smallest absolute Gasteiger partial charge is 0.258 e. The highest BCUT2D eigenvalue weighted by Gasteiger charge is 2.14. The average molecular weight is 332 g/mol. The highest BCUT2D eigenvalue weighted by molar-refractivity contribution is 9.10. The Morgan fingerprint density at radius 3 is 2.15 bits per heavy atom. The number of hydrogen-bond acceptors (Lipinski definition) is 1. The fourth-order valence-electron chi connectivity index (χ4n) is 2.18. The number of anilines is 1. The van der Waals surface area contributed by atoms with Gasteiger partial charge in [-0.3, -0.25) is 4.79 Å². The average Bonchev–Trinajstić information content (AvgIpc) is 2.39. The molecule has 2 nitrogen and oxygen atoms in total. The molecule has 0 aliphatic rings. The van der Waals surface area contributed by atoms with Gasteiger partial charge in [-0.15, -0.1) is 0 Å². The predicted molar refractivity (Wildman–Crippen MR) is 87.5 cm³/mol. The standard InChI is InChI=1S/C17H18BrNO/c1-11-7-12(2)9-15(8-11)19(4)17(20)14-6-5-13(3)16(18)10-14/h5-10H,1-4H3. The van der Waals surface area contributed by atoms with Crippen molar-refractivity contribution >= 4 is 27.5 Å². The maximum Gasteiger partial charge on any atom is 0.258 e. The molecule has 0 unspecified atom stereocenters. The summed E-state index contributed by atoms with van der Waals surface area (Å²) in [6.45, 7) is 6.08. The molecule has 0 aromatic heterocycles. The molecule has 0 fully saturated rings. The number of carbonyl (C=O) groups excluding carboxylic acids is 1. The number of amides is 1. The van der Waals surface area contributed by atoms with Gasteiger partial charge in [0.2, 0.25) is 0 Å². The molecule has 20 heavy (non-hydrogen) atoms. The molecule has 0 radical (unpaired) electrons. The number of rotatable bonds is 2. The molecule has 0 aliphatic carbocycles. The lowest BCUT2D eigenvalue weighted by atomic mass is 10.1. The molecule has 0 heterocycles. The van der Waals surface area contributed by atoms with Crippen molar-refractivity contribution in [3.63, 3.8) is 0 Å². The van der Waals surface area contributed by atoms with Crippen molar-refractivity contribution < 1.29 is 4.79 Å². The zero-order valence-corrected chi connectivity index (χ0v) is 13.8. The summed E-state index contributed by atoms with van der Waals surface area (Å²) in [5.41, 5.74) is 5.04. The summed E-state index contributed by atoms with van der Waals surface area (Å²) >= 11 is 3.47. The maximum absolute atomic E-state index is 12.5. The van der Waals surface area contributed by atoms with Crippen molar-refractivity contribution in [2.75, 3.05) is 11.9 Å². The van der Waals surface area contributed by atoms with Crippen LogP contribution in [0.3, 0.4) is 0 Å². The molecule has 2 aromatic rings. The van der Waals surface area contributed by atoms with Crippen LogP contribution in [0.1, 0.15) is 27.0 Å². The Morgan fingerprint density at radius 2 is 1.60 bits per heavy atom. The van der Waals surface area contributed by atoms with E-state index in [-0.39, 0.29) is 5.91 Å². The molecule has 0 N–H and O–H groups in total. The van der Waals surface area contributed by atoms with E-state index < -0.39 is 0 Å². The summed E-state index contributed by atoms with van der Waals surface area (Å²) < 4.78 is 0.956. The van der Waals surface area contributed by atoms with Gasteiger partial charge in [0.1, 0.15) is 0 Å². The molecule has 0 bridgehead atoms. The first kappa shape index (κ1) is 14.8. The van der Waals surface area contributed by atoms with E-state index in [1.54, 1.807) is 4.90 Å². The van der Waals surface area contributed by atoms with Crippen LogP contribution in [0.2, 0.25) is 0 Å². The summed E-state index contributed by atoms with van der Waals surface area (Å²) in [7, 11) is 1.81. The van der Waals surface area contributed by atoms with Crippen LogP contribution in [0.5, 0.6) is 0 Å². The largest absolute Gasteiger partial charge is 0.311 e. The minimum Gasteiger partial charge on any atom is -0.311 e. The number of hydrogen-bond donors (Lipinski definition) is 0. The molecule has 3 heteroatoms. The van der Waals surface area contributed by atoms with E-state index in [0.29, 0.717) is 5.56 Å². The SMILES string of the molecule is Cc1cc(C)cc(N(C)C(=O)c2ccc(C)c(Br)c2)c1. The van der Waals surface area contributed by atoms with E-state index in [1.165, 1.54) is 0 Å². The second kappa shape index (κ2) is 5.80. The van der Waals surface area contributed by atoms with Crippen LogP contribution in [0, 0.1) is 20.8 Å². The Hall–Kier alpha value is -1.61. The van der Waals surface area contributed by atoms with Crippen molar-refractivity contribution in [1.29, 1.82) is 0 Å². The minimum absolute atomic E-state index is 0.00398. The number of aryl methyl sites for hydroxylation is 3. The van der Waals surface area contributed by atoms with E-state index >= 15 is 0 Å². The van der Waals surface area contributed by atoms with Crippen LogP contribution in [0.4, 0.5) is 5.69 Å². The van der Waals surface area contributed by atoms with E-state index in [9.17, 15) is 4.79 Å². The van der Waals surface area contributed by atoms with Crippen LogP contribution < -0.4 is 4.90 Å². The highest BCUT2D eigenvalue weighted by Crippen LogP contribution is 2.22. The van der Waals surface area contributed by atoms with Crippen molar-refractivity contribution in [2.45, 2.75) is 20.8 Å². The molecule has 0 atom stereocenters. The minimum atomic E-state index is -0.00398. The second-order valence-electron chi connectivity index (χ2n) is 5.17. The first-order chi connectivity index (χ1) is 9.38. The molecule has 104 valence electrons. The van der Waals surface area contributed by atoms with Gasteiger partial charge < -0.3 is 4.90 Å². The summed E-state index contributed by atoms with van der Waals surface area (Å²) in [5.74, 6) is -0.00398. The van der Waals surface area contributed by atoms with Crippen LogP contribution >= 0.6 is 15.9 Å². The third kappa shape index (κ3) is 3.10. The Morgan fingerprint density at radius 1 is 1.00 bits per heavy atom. The van der Waals surface area contributed by atoms with E-state index in [1.807, 2.05) is 58.2 Å². The summed E-state index contributed by atoms with van der Waals surface area (Å²) in [6.07, 6.45) is 0. The van der Waals surface area contributed by atoms with Gasteiger partial charge in [0, 0.05) is 22.8 Å². The second-order valence-corrected chi connectivity index (χ2v) is 6.03. The maximum atomic E-state index is 12.5. The van der Waals surface area contributed by atoms with Crippen LogP contribution in [0.15, 0.2) is 40.9 Å². The molecular formula is C17H18BrNO. The lowest BCUT2D eigenvalue weighted by Gasteiger charge is -2.19. The third-order valence-electron chi connectivity index (χ3n) is 3.32. The molecule has 2 aromatic carbocycles. The molecule has 1 amide bonds. The van der Waals surface area contributed by atoms with Crippen LogP contribution in [-0.2, 0) is 0 Å². The zero-order valence-electron chi connectivity index (χ0n) is 12.2. The van der Waals surface area contributed by atoms with Gasteiger partial charge in [-0.2, -0.15) is 0 Å². The highest BCUT2D eigenvalue weighted by atomic mass is 79.9. The van der Waals surface area contributed by atoms with Gasteiger partial charge >= 0.3 is 0 Å². The quantitative estimate of drug-likeness (QED) is 0.784. The summed E-state index contributed by atoms with van der Waals surface area (Å²) in [4.78, 5) is 14.2. The van der Waals surface area contributed by atoms with Gasteiger partial charge in [0.05, 0.1) is 0 Å². The van der Waals surface area contributed by atoms with Crippen molar-refractivity contribution in [3.8, 4) is 0 Å². The van der Waals surface area contributed by atoms with Crippen molar-refractivity contribution in [1.82, 2.24) is 0 Å². The van der Waals surface area contributed by atoms with Crippen molar-refractivity contribution in [2.24, 2.45) is 0 Å². The molecule has 0 saturated carbocycles. The van der Waals surface area contributed by atoms with Gasteiger partial charge in [-0.1, -0.05) is 28.1 Å². The van der Waals surface area contributed by atoms with Gasteiger partial charge in [-0.05, 0) is 61.7 Å². The fourth-order valence-corrected chi connectivity index (χ4v) is 2.56. The molecule has 0 aliphatic heterocycles. The van der Waals surface area contributed by atoms with E-state index in [0.717, 1.165) is 26.9 Å². The van der Waals surface area contributed by atoms with Crippen molar-refractivity contribution in [3.05, 3.63) is 63.1 Å². The number of nitrogens with zero attached hydrogens (tertiary/aromatic N) is 1. The Kier molecular flexibility index (Phi) is 4.29. The number of carbonyl (C=O) groups is 1. The third-order valence-corrected chi connectivity index (χ3v) is 4.17. The Labute approximate surface area is 128 Å². The number of benzene rings is 2. The normalized spacial score (nSPS) is 10.4. The van der Waals surface area contributed by atoms with Crippen LogP contribution in [-0.4, -0.2) is 13.0 Å². The number of halogens is 1. The monoisotopic (exact) mass is 331 g/mol. The topological polar surface area (TPSA) is 20.3 Å². The predicted octanol–water partition coefficient (Wildman–Crippen LogP) is 4.65. The molecule has 2 rings (SSSR count). The first-order valence-electron chi connectivity index (χ1n) is 6.51. The Bertz CT molecular complexity index is 644.